The van der Waals surface area contributed by atoms with Crippen LogP contribution in [-0.2, 0) is 21.3 Å². The Morgan fingerprint density at radius 2 is 1.86 bits per heavy atom. The Labute approximate surface area is 147 Å². The predicted molar refractivity (Wildman–Crippen MR) is 96.7 cm³/mol. The number of hydrogen-bond acceptors (Lipinski definition) is 2. The molecule has 0 saturated heterocycles. The van der Waals surface area contributed by atoms with Crippen LogP contribution in [0.15, 0.2) is 56.8 Å². The zero-order chi connectivity index (χ0) is 15.7. The summed E-state index contributed by atoms with van der Waals surface area (Å²) in [7, 11) is -1.26. The highest BCUT2D eigenvalue weighted by Gasteiger charge is 2.24. The second kappa shape index (κ2) is 6.48. The van der Waals surface area contributed by atoms with Crippen molar-refractivity contribution < 1.29 is 9.00 Å². The molecule has 1 atom stereocenters. The summed E-state index contributed by atoms with van der Waals surface area (Å²) in [5.74, 6) is 0.162. The molecule has 2 aromatic carbocycles. The summed E-state index contributed by atoms with van der Waals surface area (Å²) in [6, 6.07) is 13.2. The zero-order valence-corrected chi connectivity index (χ0v) is 15.3. The highest BCUT2D eigenvalue weighted by molar-refractivity contribution is 9.10. The molecule has 1 amide bonds. The van der Waals surface area contributed by atoms with Crippen LogP contribution < -0.4 is 5.32 Å². The van der Waals surface area contributed by atoms with Crippen molar-refractivity contribution in [3.8, 4) is 0 Å². The van der Waals surface area contributed by atoms with E-state index in [1.807, 2.05) is 42.5 Å². The van der Waals surface area contributed by atoms with E-state index >= 15 is 0 Å². The second-order valence-corrected chi connectivity index (χ2v) is 7.95. The molecule has 0 aromatic heterocycles. The van der Waals surface area contributed by atoms with Crippen LogP contribution in [0.5, 0.6) is 0 Å². The third-order valence-electron chi connectivity index (χ3n) is 3.21. The van der Waals surface area contributed by atoms with E-state index in [9.17, 15) is 9.00 Å². The lowest BCUT2D eigenvalue weighted by atomic mass is 10.1. The topological polar surface area (TPSA) is 46.2 Å². The van der Waals surface area contributed by atoms with Gasteiger partial charge in [0.1, 0.15) is 0 Å². The highest BCUT2D eigenvalue weighted by Crippen LogP contribution is 2.34. The first-order valence-corrected chi connectivity index (χ1v) is 9.44. The highest BCUT2D eigenvalue weighted by atomic mass is 79.9. The van der Waals surface area contributed by atoms with Gasteiger partial charge in [0.05, 0.1) is 22.1 Å². The van der Waals surface area contributed by atoms with Crippen LogP contribution in [-0.4, -0.2) is 10.1 Å². The van der Waals surface area contributed by atoms with Crippen LogP contribution in [0.1, 0.15) is 11.1 Å². The van der Waals surface area contributed by atoms with Gasteiger partial charge in [-0.2, -0.15) is 0 Å². The number of hydrogen-bond donors (Lipinski definition) is 1. The molecule has 6 heteroatoms. The Morgan fingerprint density at radius 3 is 2.64 bits per heavy atom. The molecule has 0 spiro atoms. The Kier molecular flexibility index (Phi) is 4.61. The van der Waals surface area contributed by atoms with Gasteiger partial charge in [0, 0.05) is 25.6 Å². The number of carbonyl (C=O) groups excluding carboxylic acids is 1. The van der Waals surface area contributed by atoms with Gasteiger partial charge < -0.3 is 5.32 Å². The van der Waals surface area contributed by atoms with E-state index < -0.39 is 10.8 Å². The summed E-state index contributed by atoms with van der Waals surface area (Å²) in [6.07, 6.45) is 0. The Hall–Kier alpha value is -1.24. The fourth-order valence-electron chi connectivity index (χ4n) is 2.24. The lowest BCUT2D eigenvalue weighted by molar-refractivity contribution is -0.110. The molecule has 0 bridgehead atoms. The molecular weight excluding hydrogens is 430 g/mol. The van der Waals surface area contributed by atoms with E-state index in [1.165, 1.54) is 5.41 Å². The molecule has 1 heterocycles. The maximum absolute atomic E-state index is 12.3. The molecule has 0 aliphatic carbocycles. The smallest absolute Gasteiger partial charge is 0.256 e. The third kappa shape index (κ3) is 3.39. The first-order chi connectivity index (χ1) is 10.5. The minimum atomic E-state index is -1.26. The van der Waals surface area contributed by atoms with E-state index in [0.29, 0.717) is 11.3 Å². The van der Waals surface area contributed by atoms with Crippen LogP contribution in [0.4, 0.5) is 5.69 Å². The lowest BCUT2D eigenvalue weighted by Crippen LogP contribution is -2.05. The summed E-state index contributed by atoms with van der Waals surface area (Å²) in [6.45, 7) is 0. The van der Waals surface area contributed by atoms with Crippen LogP contribution in [0.25, 0.3) is 5.57 Å². The van der Waals surface area contributed by atoms with Crippen LogP contribution >= 0.6 is 31.9 Å². The molecule has 22 heavy (non-hydrogen) atoms. The maximum Gasteiger partial charge on any atom is 0.256 e. The van der Waals surface area contributed by atoms with Gasteiger partial charge in [-0.15, -0.1) is 0 Å². The van der Waals surface area contributed by atoms with Gasteiger partial charge in [-0.05, 0) is 35.9 Å². The van der Waals surface area contributed by atoms with Crippen molar-refractivity contribution in [2.24, 2.45) is 0 Å². The number of anilines is 1. The monoisotopic (exact) mass is 439 g/mol. The standard InChI is InChI=1S/C16H11Br2NO2S/c17-11-3-1-2-10(6-11)8-22(21)9-14-13-7-12(18)4-5-15(13)19-16(14)20/h1-7,9H,8H2,(H,19,20). The van der Waals surface area contributed by atoms with Gasteiger partial charge in [-0.1, -0.05) is 44.0 Å². The van der Waals surface area contributed by atoms with Gasteiger partial charge in [0.2, 0.25) is 0 Å². The average Bonchev–Trinajstić information content (AvgIpc) is 2.75. The zero-order valence-electron chi connectivity index (χ0n) is 11.3. The minimum Gasteiger partial charge on any atom is -0.321 e. The van der Waals surface area contributed by atoms with E-state index in [0.717, 1.165) is 25.8 Å². The van der Waals surface area contributed by atoms with E-state index in [1.54, 1.807) is 0 Å². The van der Waals surface area contributed by atoms with Crippen molar-refractivity contribution in [2.75, 3.05) is 5.32 Å². The predicted octanol–water partition coefficient (Wildman–Crippen LogP) is 4.45. The molecule has 3 rings (SSSR count). The normalized spacial score (nSPS) is 16.5. The van der Waals surface area contributed by atoms with Crippen LogP contribution in [0.3, 0.4) is 0 Å². The van der Waals surface area contributed by atoms with E-state index in [2.05, 4.69) is 37.2 Å². The molecule has 1 aliphatic rings. The Morgan fingerprint density at radius 1 is 1.09 bits per heavy atom. The number of carbonyl (C=O) groups is 1. The average molecular weight is 441 g/mol. The van der Waals surface area contributed by atoms with E-state index in [4.69, 9.17) is 0 Å². The second-order valence-electron chi connectivity index (χ2n) is 4.83. The number of halogens is 2. The summed E-state index contributed by atoms with van der Waals surface area (Å²) < 4.78 is 14.2. The molecule has 2 aromatic rings. The third-order valence-corrected chi connectivity index (χ3v) is 5.31. The quantitative estimate of drug-likeness (QED) is 0.716. The number of nitrogens with one attached hydrogen (secondary N) is 1. The van der Waals surface area contributed by atoms with Gasteiger partial charge in [-0.25, -0.2) is 0 Å². The van der Waals surface area contributed by atoms with Crippen molar-refractivity contribution in [3.05, 3.63) is 67.9 Å². The van der Waals surface area contributed by atoms with Gasteiger partial charge in [0.25, 0.3) is 5.91 Å². The first kappa shape index (κ1) is 15.6. The van der Waals surface area contributed by atoms with Crippen molar-refractivity contribution in [1.82, 2.24) is 0 Å². The van der Waals surface area contributed by atoms with Gasteiger partial charge in [0.15, 0.2) is 0 Å². The minimum absolute atomic E-state index is 0.212. The van der Waals surface area contributed by atoms with E-state index in [-0.39, 0.29) is 5.91 Å². The summed E-state index contributed by atoms with van der Waals surface area (Å²) in [5.41, 5.74) is 2.95. The first-order valence-electron chi connectivity index (χ1n) is 6.47. The van der Waals surface area contributed by atoms with Crippen molar-refractivity contribution >= 4 is 59.8 Å². The fraction of sp³-hybridized carbons (Fsp3) is 0.0625. The van der Waals surface area contributed by atoms with Crippen molar-refractivity contribution in [1.29, 1.82) is 0 Å². The molecule has 3 nitrogen and oxygen atoms in total. The summed E-state index contributed by atoms with van der Waals surface area (Å²) in [5, 5.41) is 4.32. The molecule has 0 saturated carbocycles. The summed E-state index contributed by atoms with van der Waals surface area (Å²) >= 11 is 6.79. The molecule has 0 radical (unpaired) electrons. The number of rotatable bonds is 3. The molecule has 1 unspecified atom stereocenters. The van der Waals surface area contributed by atoms with Crippen LogP contribution in [0.2, 0.25) is 0 Å². The maximum atomic E-state index is 12.3. The fourth-order valence-corrected chi connectivity index (χ4v) is 4.14. The molecule has 112 valence electrons. The molecule has 1 aliphatic heterocycles. The van der Waals surface area contributed by atoms with Crippen LogP contribution in [0, 0.1) is 0 Å². The Balaban J connectivity index is 1.88. The lowest BCUT2D eigenvalue weighted by Gasteiger charge is -2.01. The molecule has 1 N–H and O–H groups in total. The van der Waals surface area contributed by atoms with Crippen molar-refractivity contribution in [2.45, 2.75) is 5.75 Å². The van der Waals surface area contributed by atoms with Crippen molar-refractivity contribution in [3.63, 3.8) is 0 Å². The number of amides is 1. The molecule has 0 fully saturated rings. The van der Waals surface area contributed by atoms with Gasteiger partial charge in [-0.3, -0.25) is 9.00 Å². The SMILES string of the molecule is O=C1Nc2ccc(Br)cc2C1=CS(=O)Cc1cccc(Br)c1. The van der Waals surface area contributed by atoms with Gasteiger partial charge >= 0.3 is 0 Å². The largest absolute Gasteiger partial charge is 0.321 e. The number of benzene rings is 2. The Bertz CT molecular complexity index is 818. The number of fused-ring (bicyclic) bond motifs is 1. The molecular formula is C16H11Br2NO2S. The summed E-state index contributed by atoms with van der Waals surface area (Å²) in [4.78, 5) is 12.0.